The van der Waals surface area contributed by atoms with Crippen LogP contribution in [0.15, 0.2) is 36.9 Å². The van der Waals surface area contributed by atoms with Crippen molar-refractivity contribution >= 4 is 17.7 Å². The number of carbonyl (C=O) groups is 1. The number of carbonyl (C=O) groups excluding carboxylic acids is 1. The molecule has 4 heteroatoms. The van der Waals surface area contributed by atoms with Gasteiger partial charge in [-0.1, -0.05) is 29.8 Å². The molecule has 0 aliphatic heterocycles. The van der Waals surface area contributed by atoms with Gasteiger partial charge in [0.05, 0.1) is 0 Å². The lowest BCUT2D eigenvalue weighted by molar-refractivity contribution is 0.0274. The Morgan fingerprint density at radius 1 is 1.45 bits per heavy atom. The molecular weight excluding hydrogens is 274 g/mol. The van der Waals surface area contributed by atoms with Gasteiger partial charge in [-0.15, -0.1) is 6.58 Å². The summed E-state index contributed by atoms with van der Waals surface area (Å²) >= 11 is 5.95. The summed E-state index contributed by atoms with van der Waals surface area (Å²) in [4.78, 5) is 13.7. The molecule has 1 amide bonds. The molecule has 20 heavy (non-hydrogen) atoms. The van der Waals surface area contributed by atoms with Crippen molar-refractivity contribution < 1.29 is 9.53 Å². The number of amides is 1. The number of ether oxygens (including phenoxy) is 1. The Labute approximate surface area is 126 Å². The van der Waals surface area contributed by atoms with Gasteiger partial charge < -0.3 is 9.64 Å². The summed E-state index contributed by atoms with van der Waals surface area (Å²) in [6, 6.07) is 7.64. The average molecular weight is 296 g/mol. The molecule has 0 N–H and O–H groups in total. The normalized spacial score (nSPS) is 11.0. The lowest BCUT2D eigenvalue weighted by Gasteiger charge is -2.26. The standard InChI is InChI=1S/C16H22ClNO2/c1-5-10-18(15(19)20-16(2,3)4)11-9-13-7-6-8-14(17)12-13/h5-8,12H,1,9-11H2,2-4H3. The van der Waals surface area contributed by atoms with E-state index in [1.54, 1.807) is 11.0 Å². The highest BCUT2D eigenvalue weighted by molar-refractivity contribution is 6.30. The number of hydrogen-bond acceptors (Lipinski definition) is 2. The molecule has 0 bridgehead atoms. The van der Waals surface area contributed by atoms with E-state index in [2.05, 4.69) is 6.58 Å². The van der Waals surface area contributed by atoms with Crippen LogP contribution in [0.3, 0.4) is 0 Å². The van der Waals surface area contributed by atoms with Gasteiger partial charge in [-0.25, -0.2) is 4.79 Å². The third-order valence-electron chi connectivity index (χ3n) is 2.56. The van der Waals surface area contributed by atoms with Crippen LogP contribution in [0.2, 0.25) is 5.02 Å². The molecule has 0 heterocycles. The highest BCUT2D eigenvalue weighted by atomic mass is 35.5. The highest BCUT2D eigenvalue weighted by Crippen LogP contribution is 2.13. The summed E-state index contributed by atoms with van der Waals surface area (Å²) in [6.07, 6.45) is 2.11. The van der Waals surface area contributed by atoms with Crippen molar-refractivity contribution in [3.63, 3.8) is 0 Å². The minimum Gasteiger partial charge on any atom is -0.444 e. The van der Waals surface area contributed by atoms with Gasteiger partial charge in [0.25, 0.3) is 0 Å². The molecule has 0 fully saturated rings. The Morgan fingerprint density at radius 3 is 2.70 bits per heavy atom. The number of halogens is 1. The van der Waals surface area contributed by atoms with Gasteiger partial charge in [-0.2, -0.15) is 0 Å². The fourth-order valence-corrected chi connectivity index (χ4v) is 1.91. The zero-order chi connectivity index (χ0) is 15.2. The second-order valence-electron chi connectivity index (χ2n) is 5.59. The molecule has 1 aromatic rings. The number of hydrogen-bond donors (Lipinski definition) is 0. The number of rotatable bonds is 5. The first-order valence-electron chi connectivity index (χ1n) is 6.65. The molecule has 0 aromatic heterocycles. The van der Waals surface area contributed by atoms with Crippen LogP contribution >= 0.6 is 11.6 Å². The van der Waals surface area contributed by atoms with Crippen LogP contribution < -0.4 is 0 Å². The monoisotopic (exact) mass is 295 g/mol. The van der Waals surface area contributed by atoms with Crippen molar-refractivity contribution in [3.05, 3.63) is 47.5 Å². The van der Waals surface area contributed by atoms with E-state index in [1.807, 2.05) is 45.0 Å². The first kappa shape index (κ1) is 16.6. The molecule has 1 aromatic carbocycles. The zero-order valence-electron chi connectivity index (χ0n) is 12.4. The predicted molar refractivity (Wildman–Crippen MR) is 83.2 cm³/mol. The fraction of sp³-hybridized carbons (Fsp3) is 0.438. The summed E-state index contributed by atoms with van der Waals surface area (Å²) in [6.45, 7) is 10.3. The molecule has 0 radical (unpaired) electrons. The minimum absolute atomic E-state index is 0.320. The Hall–Kier alpha value is -1.48. The molecule has 110 valence electrons. The lowest BCUT2D eigenvalue weighted by atomic mass is 10.1. The van der Waals surface area contributed by atoms with Gasteiger partial charge >= 0.3 is 6.09 Å². The molecule has 0 spiro atoms. The molecule has 0 unspecified atom stereocenters. The van der Waals surface area contributed by atoms with E-state index in [9.17, 15) is 4.79 Å². The van der Waals surface area contributed by atoms with Crippen LogP contribution in [0.5, 0.6) is 0 Å². The van der Waals surface area contributed by atoms with E-state index < -0.39 is 5.60 Å². The highest BCUT2D eigenvalue weighted by Gasteiger charge is 2.21. The third-order valence-corrected chi connectivity index (χ3v) is 2.80. The lowest BCUT2D eigenvalue weighted by Crippen LogP contribution is -2.38. The van der Waals surface area contributed by atoms with Gasteiger partial charge in [-0.3, -0.25) is 0 Å². The van der Waals surface area contributed by atoms with Gasteiger partial charge in [0.15, 0.2) is 0 Å². The van der Waals surface area contributed by atoms with Crippen molar-refractivity contribution in [1.82, 2.24) is 4.90 Å². The van der Waals surface area contributed by atoms with Crippen molar-refractivity contribution in [3.8, 4) is 0 Å². The van der Waals surface area contributed by atoms with Crippen molar-refractivity contribution in [2.45, 2.75) is 32.8 Å². The molecule has 0 atom stereocenters. The fourth-order valence-electron chi connectivity index (χ4n) is 1.70. The van der Waals surface area contributed by atoms with Crippen molar-refractivity contribution in [2.75, 3.05) is 13.1 Å². The maximum absolute atomic E-state index is 12.1. The number of nitrogens with zero attached hydrogens (tertiary/aromatic N) is 1. The van der Waals surface area contributed by atoms with Gasteiger partial charge in [0.1, 0.15) is 5.60 Å². The maximum Gasteiger partial charge on any atom is 0.410 e. The van der Waals surface area contributed by atoms with Gasteiger partial charge in [0, 0.05) is 18.1 Å². The van der Waals surface area contributed by atoms with Crippen molar-refractivity contribution in [2.24, 2.45) is 0 Å². The third kappa shape index (κ3) is 6.11. The molecular formula is C16H22ClNO2. The second-order valence-corrected chi connectivity index (χ2v) is 6.03. The van der Waals surface area contributed by atoms with Crippen LogP contribution in [0.1, 0.15) is 26.3 Å². The van der Waals surface area contributed by atoms with Crippen LogP contribution in [0, 0.1) is 0 Å². The van der Waals surface area contributed by atoms with Gasteiger partial charge in [-0.05, 0) is 44.9 Å². The van der Waals surface area contributed by atoms with Crippen LogP contribution in [-0.2, 0) is 11.2 Å². The quantitative estimate of drug-likeness (QED) is 0.758. The summed E-state index contributed by atoms with van der Waals surface area (Å²) in [5.74, 6) is 0. The van der Waals surface area contributed by atoms with Gasteiger partial charge in [0.2, 0.25) is 0 Å². The Morgan fingerprint density at radius 2 is 2.15 bits per heavy atom. The molecule has 0 aliphatic rings. The Balaban J connectivity index is 2.63. The maximum atomic E-state index is 12.1. The van der Waals surface area contributed by atoms with Crippen LogP contribution in [0.25, 0.3) is 0 Å². The van der Waals surface area contributed by atoms with Crippen LogP contribution in [-0.4, -0.2) is 29.7 Å². The van der Waals surface area contributed by atoms with E-state index >= 15 is 0 Å². The summed E-state index contributed by atoms with van der Waals surface area (Å²) in [7, 11) is 0. The molecule has 1 rings (SSSR count). The summed E-state index contributed by atoms with van der Waals surface area (Å²) in [5.41, 5.74) is 0.599. The second kappa shape index (κ2) is 7.34. The largest absolute Gasteiger partial charge is 0.444 e. The summed E-state index contributed by atoms with van der Waals surface area (Å²) < 4.78 is 5.38. The smallest absolute Gasteiger partial charge is 0.410 e. The van der Waals surface area contributed by atoms with Crippen LogP contribution in [0.4, 0.5) is 4.79 Å². The van der Waals surface area contributed by atoms with E-state index in [4.69, 9.17) is 16.3 Å². The zero-order valence-corrected chi connectivity index (χ0v) is 13.1. The molecule has 0 aliphatic carbocycles. The number of benzene rings is 1. The molecule has 0 saturated heterocycles. The van der Waals surface area contributed by atoms with Crippen molar-refractivity contribution in [1.29, 1.82) is 0 Å². The van der Waals surface area contributed by atoms with E-state index in [-0.39, 0.29) is 6.09 Å². The Bertz CT molecular complexity index is 466. The van der Waals surface area contributed by atoms with E-state index in [0.29, 0.717) is 18.1 Å². The topological polar surface area (TPSA) is 29.5 Å². The summed E-state index contributed by atoms with van der Waals surface area (Å²) in [5, 5.41) is 0.704. The minimum atomic E-state index is -0.493. The Kier molecular flexibility index (Phi) is 6.08. The first-order chi connectivity index (χ1) is 9.31. The molecule has 0 saturated carbocycles. The predicted octanol–water partition coefficient (Wildman–Crippen LogP) is 4.31. The molecule has 3 nitrogen and oxygen atoms in total. The first-order valence-corrected chi connectivity index (χ1v) is 7.03. The average Bonchev–Trinajstić information content (AvgIpc) is 2.32. The van der Waals surface area contributed by atoms with E-state index in [0.717, 1.165) is 12.0 Å². The SMILES string of the molecule is C=CCN(CCc1cccc(Cl)c1)C(=O)OC(C)(C)C. The van der Waals surface area contributed by atoms with E-state index in [1.165, 1.54) is 0 Å².